The molecule has 1 amide bonds. The van der Waals surface area contributed by atoms with Crippen molar-refractivity contribution in [3.8, 4) is 0 Å². The average molecular weight is 423 g/mol. The fourth-order valence-corrected chi connectivity index (χ4v) is 3.01. The van der Waals surface area contributed by atoms with Crippen LogP contribution >= 0.6 is 0 Å². The summed E-state index contributed by atoms with van der Waals surface area (Å²) in [6.07, 6.45) is -5.11. The molecule has 0 radical (unpaired) electrons. The number of carbonyl (C=O) groups is 1. The van der Waals surface area contributed by atoms with Crippen molar-refractivity contribution in [2.24, 2.45) is 5.73 Å². The second-order valence-electron chi connectivity index (χ2n) is 6.43. The molecule has 1 atom stereocenters. The number of halogens is 6. The van der Waals surface area contributed by atoms with Gasteiger partial charge in [-0.2, -0.15) is 13.2 Å². The Kier molecular flexibility index (Phi) is 6.56. The van der Waals surface area contributed by atoms with Crippen LogP contribution in [0.5, 0.6) is 0 Å². The Morgan fingerprint density at radius 3 is 2.41 bits per heavy atom. The molecule has 0 spiro atoms. The first kappa shape index (κ1) is 22.7. The molecule has 1 aliphatic heterocycles. The van der Waals surface area contributed by atoms with Gasteiger partial charge in [0.2, 0.25) is 11.7 Å². The third-order valence-corrected chi connectivity index (χ3v) is 4.37. The van der Waals surface area contributed by atoms with E-state index in [9.17, 15) is 31.1 Å². The highest BCUT2D eigenvalue weighted by Crippen LogP contribution is 2.29. The predicted molar refractivity (Wildman–Crippen MR) is 89.8 cm³/mol. The van der Waals surface area contributed by atoms with Gasteiger partial charge in [-0.15, -0.1) is 10.2 Å². The number of benzene rings is 1. The number of rotatable bonds is 4. The molecule has 29 heavy (non-hydrogen) atoms. The number of nitrogens with two attached hydrogens (primary N) is 1. The molecule has 12 heteroatoms. The lowest BCUT2D eigenvalue weighted by Gasteiger charge is -2.29. The van der Waals surface area contributed by atoms with Gasteiger partial charge >= 0.3 is 6.18 Å². The molecule has 0 aliphatic carbocycles. The molecule has 0 saturated heterocycles. The van der Waals surface area contributed by atoms with E-state index in [2.05, 4.69) is 10.2 Å². The zero-order valence-electron chi connectivity index (χ0n) is 14.3. The summed E-state index contributed by atoms with van der Waals surface area (Å²) in [5.41, 5.74) is 5.64. The van der Waals surface area contributed by atoms with Gasteiger partial charge in [0.1, 0.15) is 5.82 Å². The minimum Gasteiger partial charge on any atom is -0.333 e. The van der Waals surface area contributed by atoms with Gasteiger partial charge in [0.25, 0.3) is 0 Å². The van der Waals surface area contributed by atoms with E-state index < -0.39 is 41.4 Å². The van der Waals surface area contributed by atoms with Gasteiger partial charge in [-0.3, -0.25) is 4.79 Å². The van der Waals surface area contributed by atoms with E-state index in [-0.39, 0.29) is 51.3 Å². The maximum atomic E-state index is 13.7. The van der Waals surface area contributed by atoms with Crippen molar-refractivity contribution in [2.75, 3.05) is 6.54 Å². The van der Waals surface area contributed by atoms with E-state index >= 15 is 0 Å². The summed E-state index contributed by atoms with van der Waals surface area (Å²) in [6, 6.07) is 0.184. The molecule has 0 fully saturated rings. The van der Waals surface area contributed by atoms with Crippen molar-refractivity contribution in [1.29, 1.82) is 0 Å². The normalized spacial score (nSPS) is 14.9. The summed E-state index contributed by atoms with van der Waals surface area (Å²) in [4.78, 5) is 13.6. The Balaban J connectivity index is 0.00000300. The van der Waals surface area contributed by atoms with Crippen molar-refractivity contribution in [1.82, 2.24) is 19.7 Å². The highest BCUT2D eigenvalue weighted by atomic mass is 19.4. The van der Waals surface area contributed by atoms with Crippen molar-refractivity contribution in [3.63, 3.8) is 0 Å². The fourth-order valence-electron chi connectivity index (χ4n) is 3.01. The van der Waals surface area contributed by atoms with Gasteiger partial charge < -0.3 is 15.2 Å². The number of hydrogen-bond donors (Lipinski definition) is 1. The number of aromatic nitrogens is 3. The summed E-state index contributed by atoms with van der Waals surface area (Å²) in [6.45, 7) is -0.302. The van der Waals surface area contributed by atoms with Crippen LogP contribution in [0.15, 0.2) is 12.1 Å². The van der Waals surface area contributed by atoms with Crippen LogP contribution in [0.1, 0.15) is 31.1 Å². The topological polar surface area (TPSA) is 77.0 Å². The maximum absolute atomic E-state index is 13.7. The van der Waals surface area contributed by atoms with E-state index in [1.165, 1.54) is 4.90 Å². The highest BCUT2D eigenvalue weighted by Gasteiger charge is 2.39. The molecule has 2 N–H and O–H groups in total. The summed E-state index contributed by atoms with van der Waals surface area (Å²) in [7, 11) is 0. The number of hydrogen-bond acceptors (Lipinski definition) is 4. The molecule has 0 bridgehead atoms. The second kappa shape index (κ2) is 8.39. The van der Waals surface area contributed by atoms with Crippen LogP contribution in [-0.2, 0) is 30.5 Å². The lowest BCUT2D eigenvalue weighted by molar-refractivity contribution is -0.148. The Labute approximate surface area is 162 Å². The number of alkyl halides is 3. The van der Waals surface area contributed by atoms with Crippen molar-refractivity contribution in [3.05, 3.63) is 46.8 Å². The second-order valence-corrected chi connectivity index (χ2v) is 6.43. The zero-order valence-corrected chi connectivity index (χ0v) is 14.3. The van der Waals surface area contributed by atoms with Gasteiger partial charge in [-0.05, 0) is 18.1 Å². The maximum Gasteiger partial charge on any atom is 0.451 e. The van der Waals surface area contributed by atoms with Crippen LogP contribution in [0, 0.1) is 17.5 Å². The zero-order chi connectivity index (χ0) is 20.6. The number of carbonyl (C=O) groups excluding carboxylic acids is 1. The van der Waals surface area contributed by atoms with Gasteiger partial charge in [0.15, 0.2) is 17.5 Å². The largest absolute Gasteiger partial charge is 0.451 e. The summed E-state index contributed by atoms with van der Waals surface area (Å²) >= 11 is 0. The third-order valence-electron chi connectivity index (χ3n) is 4.37. The molecule has 2 heterocycles. The van der Waals surface area contributed by atoms with Gasteiger partial charge in [-0.1, -0.05) is 7.43 Å². The standard InChI is InChI=1S/C16H15F6N5O.CH4/c17-10-6-12(19)11(18)4-8(10)3-9(23)5-14(28)26-1-2-27-13(7-26)24-25-15(27)16(20,21)22;/h4,6,9H,1-3,5,7,23H2;1H4. The smallest absolute Gasteiger partial charge is 0.333 e. The molecule has 3 rings (SSSR count). The minimum absolute atomic E-state index is 0. The minimum atomic E-state index is -4.64. The van der Waals surface area contributed by atoms with Gasteiger partial charge in [0, 0.05) is 31.6 Å². The number of fused-ring (bicyclic) bond motifs is 1. The molecular formula is C17H19F6N5O. The van der Waals surface area contributed by atoms with Crippen molar-refractivity contribution < 1.29 is 31.1 Å². The highest BCUT2D eigenvalue weighted by molar-refractivity contribution is 5.76. The van der Waals surface area contributed by atoms with Crippen molar-refractivity contribution >= 4 is 5.91 Å². The molecule has 1 aromatic heterocycles. The molecule has 0 saturated carbocycles. The lowest BCUT2D eigenvalue weighted by atomic mass is 10.0. The Bertz CT molecular complexity index is 897. The molecular weight excluding hydrogens is 404 g/mol. The molecule has 1 aliphatic rings. The summed E-state index contributed by atoms with van der Waals surface area (Å²) in [5.74, 6) is -5.15. The van der Waals surface area contributed by atoms with E-state index in [4.69, 9.17) is 5.73 Å². The average Bonchev–Trinajstić information content (AvgIpc) is 3.03. The first-order chi connectivity index (χ1) is 13.1. The van der Waals surface area contributed by atoms with Gasteiger partial charge in [-0.25, -0.2) is 13.2 Å². The van der Waals surface area contributed by atoms with Crippen molar-refractivity contribution in [2.45, 2.75) is 45.6 Å². The van der Waals surface area contributed by atoms with Crippen LogP contribution in [0.2, 0.25) is 0 Å². The first-order valence-corrected chi connectivity index (χ1v) is 8.22. The Morgan fingerprint density at radius 2 is 1.76 bits per heavy atom. The molecule has 6 nitrogen and oxygen atoms in total. The van der Waals surface area contributed by atoms with E-state index in [0.717, 1.165) is 4.57 Å². The summed E-state index contributed by atoms with van der Waals surface area (Å²) < 4.78 is 79.3. The Hall–Kier alpha value is -2.63. The van der Waals surface area contributed by atoms with E-state index in [0.29, 0.717) is 12.1 Å². The molecule has 2 aromatic rings. The van der Waals surface area contributed by atoms with Crippen LogP contribution in [0.25, 0.3) is 0 Å². The van der Waals surface area contributed by atoms with Crippen LogP contribution in [-0.4, -0.2) is 38.2 Å². The van der Waals surface area contributed by atoms with E-state index in [1.807, 2.05) is 0 Å². The summed E-state index contributed by atoms with van der Waals surface area (Å²) in [5, 5.41) is 6.60. The first-order valence-electron chi connectivity index (χ1n) is 8.22. The third kappa shape index (κ3) is 4.86. The molecule has 160 valence electrons. The van der Waals surface area contributed by atoms with E-state index in [1.54, 1.807) is 0 Å². The monoisotopic (exact) mass is 423 g/mol. The predicted octanol–water partition coefficient (Wildman–Crippen LogP) is 2.65. The van der Waals surface area contributed by atoms with Crippen LogP contribution < -0.4 is 5.73 Å². The number of nitrogens with zero attached hydrogens (tertiary/aromatic N) is 4. The van der Waals surface area contributed by atoms with Crippen LogP contribution in [0.4, 0.5) is 26.3 Å². The lowest BCUT2D eigenvalue weighted by Crippen LogP contribution is -2.42. The number of amides is 1. The fraction of sp³-hybridized carbons (Fsp3) is 0.471. The van der Waals surface area contributed by atoms with Gasteiger partial charge in [0.05, 0.1) is 6.54 Å². The Morgan fingerprint density at radius 1 is 1.10 bits per heavy atom. The van der Waals surface area contributed by atoms with Crippen LogP contribution in [0.3, 0.4) is 0 Å². The molecule has 1 unspecified atom stereocenters. The SMILES string of the molecule is C.NC(CC(=O)N1CCn2c(nnc2C(F)(F)F)C1)Cc1cc(F)c(F)cc1F. The molecule has 1 aromatic carbocycles. The quantitative estimate of drug-likeness (QED) is 0.606.